The van der Waals surface area contributed by atoms with Crippen molar-refractivity contribution in [2.45, 2.75) is 25.6 Å². The van der Waals surface area contributed by atoms with Crippen molar-refractivity contribution in [3.63, 3.8) is 0 Å². The Bertz CT molecular complexity index is 1020. The van der Waals surface area contributed by atoms with E-state index < -0.39 is 11.9 Å². The molecule has 1 unspecified atom stereocenters. The SMILES string of the molecule is COc1cccc(COc2ccc(CNC(Cc3ccc(O)cc3)C(N)=O)cc2Cl)c1. The lowest BCUT2D eigenvalue weighted by Crippen LogP contribution is -2.42. The summed E-state index contributed by atoms with van der Waals surface area (Å²) in [5.74, 6) is 1.07. The molecule has 4 N–H and O–H groups in total. The minimum absolute atomic E-state index is 0.177. The van der Waals surface area contributed by atoms with Crippen molar-refractivity contribution in [3.05, 3.63) is 88.4 Å². The first kappa shape index (κ1) is 22.5. The first-order chi connectivity index (χ1) is 14.9. The van der Waals surface area contributed by atoms with Gasteiger partial charge >= 0.3 is 0 Å². The van der Waals surface area contributed by atoms with Gasteiger partial charge < -0.3 is 25.6 Å². The van der Waals surface area contributed by atoms with Crippen molar-refractivity contribution in [2.24, 2.45) is 5.73 Å². The number of aromatic hydroxyl groups is 1. The monoisotopic (exact) mass is 440 g/mol. The molecular formula is C24H25ClN2O4. The molecule has 0 spiro atoms. The summed E-state index contributed by atoms with van der Waals surface area (Å²) < 4.78 is 11.0. The number of carbonyl (C=O) groups is 1. The maximum absolute atomic E-state index is 11.8. The van der Waals surface area contributed by atoms with E-state index in [1.165, 1.54) is 0 Å². The second-order valence-corrected chi connectivity index (χ2v) is 7.52. The van der Waals surface area contributed by atoms with E-state index in [0.717, 1.165) is 22.4 Å². The number of rotatable bonds is 10. The molecular weight excluding hydrogens is 416 g/mol. The van der Waals surface area contributed by atoms with Crippen LogP contribution in [0.3, 0.4) is 0 Å². The van der Waals surface area contributed by atoms with Crippen LogP contribution < -0.4 is 20.5 Å². The number of phenolic OH excluding ortho intramolecular Hbond substituents is 1. The number of nitrogens with two attached hydrogens (primary N) is 1. The highest BCUT2D eigenvalue weighted by molar-refractivity contribution is 6.32. The Hall–Kier alpha value is -3.22. The van der Waals surface area contributed by atoms with Gasteiger partial charge in [-0.2, -0.15) is 0 Å². The number of hydrogen-bond donors (Lipinski definition) is 3. The van der Waals surface area contributed by atoms with Crippen LogP contribution in [-0.2, 0) is 24.4 Å². The predicted molar refractivity (Wildman–Crippen MR) is 120 cm³/mol. The van der Waals surface area contributed by atoms with E-state index in [4.69, 9.17) is 26.8 Å². The number of halogens is 1. The molecule has 0 aliphatic carbocycles. The Morgan fingerprint density at radius 3 is 2.48 bits per heavy atom. The van der Waals surface area contributed by atoms with Crippen LogP contribution in [0.15, 0.2) is 66.7 Å². The zero-order valence-electron chi connectivity index (χ0n) is 17.2. The fourth-order valence-corrected chi connectivity index (χ4v) is 3.33. The molecule has 3 aromatic rings. The number of phenols is 1. The summed E-state index contributed by atoms with van der Waals surface area (Å²) in [6, 6.07) is 19.3. The number of ether oxygens (including phenoxy) is 2. The molecule has 0 fully saturated rings. The Morgan fingerprint density at radius 1 is 1.06 bits per heavy atom. The van der Waals surface area contributed by atoms with Gasteiger partial charge in [-0.15, -0.1) is 0 Å². The topological polar surface area (TPSA) is 93.8 Å². The summed E-state index contributed by atoms with van der Waals surface area (Å²) in [5.41, 5.74) is 8.31. The van der Waals surface area contributed by atoms with E-state index >= 15 is 0 Å². The quantitative estimate of drug-likeness (QED) is 0.445. The average Bonchev–Trinajstić information content (AvgIpc) is 2.77. The van der Waals surface area contributed by atoms with Crippen LogP contribution in [0.2, 0.25) is 5.02 Å². The number of primary amides is 1. The Labute approximate surface area is 186 Å². The van der Waals surface area contributed by atoms with Gasteiger partial charge in [0.05, 0.1) is 18.2 Å². The van der Waals surface area contributed by atoms with E-state index in [-0.39, 0.29) is 5.75 Å². The van der Waals surface area contributed by atoms with Gasteiger partial charge in [0.15, 0.2) is 0 Å². The molecule has 0 radical (unpaired) electrons. The Morgan fingerprint density at radius 2 is 1.81 bits per heavy atom. The highest BCUT2D eigenvalue weighted by atomic mass is 35.5. The summed E-state index contributed by atoms with van der Waals surface area (Å²) in [4.78, 5) is 11.8. The van der Waals surface area contributed by atoms with Gasteiger partial charge in [0.25, 0.3) is 0 Å². The molecule has 0 aromatic heterocycles. The van der Waals surface area contributed by atoms with E-state index in [9.17, 15) is 9.90 Å². The summed E-state index contributed by atoms with van der Waals surface area (Å²) >= 11 is 6.38. The summed E-state index contributed by atoms with van der Waals surface area (Å²) in [5, 5.41) is 13.0. The van der Waals surface area contributed by atoms with Crippen molar-refractivity contribution < 1.29 is 19.4 Å². The van der Waals surface area contributed by atoms with Crippen LogP contribution >= 0.6 is 11.6 Å². The lowest BCUT2D eigenvalue weighted by Gasteiger charge is -2.16. The maximum Gasteiger partial charge on any atom is 0.234 e. The average molecular weight is 441 g/mol. The van der Waals surface area contributed by atoms with Crippen molar-refractivity contribution in [3.8, 4) is 17.2 Å². The van der Waals surface area contributed by atoms with Crippen LogP contribution in [0.4, 0.5) is 0 Å². The number of benzene rings is 3. The second kappa shape index (κ2) is 10.7. The van der Waals surface area contributed by atoms with E-state index in [2.05, 4.69) is 5.32 Å². The Kier molecular flexibility index (Phi) is 7.76. The summed E-state index contributed by atoms with van der Waals surface area (Å²) in [7, 11) is 1.62. The number of carbonyl (C=O) groups excluding carboxylic acids is 1. The molecule has 1 amide bonds. The maximum atomic E-state index is 11.8. The molecule has 0 saturated carbocycles. The van der Waals surface area contributed by atoms with Crippen molar-refractivity contribution in [1.82, 2.24) is 5.32 Å². The summed E-state index contributed by atoms with van der Waals surface area (Å²) in [6.45, 7) is 0.784. The van der Waals surface area contributed by atoms with Gasteiger partial charge in [-0.3, -0.25) is 4.79 Å². The molecule has 0 aliphatic rings. The molecule has 7 heteroatoms. The lowest BCUT2D eigenvalue weighted by atomic mass is 10.0. The first-order valence-corrected chi connectivity index (χ1v) is 10.2. The van der Waals surface area contributed by atoms with Crippen molar-refractivity contribution in [1.29, 1.82) is 0 Å². The number of nitrogens with one attached hydrogen (secondary N) is 1. The molecule has 0 saturated heterocycles. The highest BCUT2D eigenvalue weighted by Gasteiger charge is 2.16. The zero-order valence-corrected chi connectivity index (χ0v) is 17.9. The number of hydrogen-bond acceptors (Lipinski definition) is 5. The summed E-state index contributed by atoms with van der Waals surface area (Å²) in [6.07, 6.45) is 0.422. The molecule has 6 nitrogen and oxygen atoms in total. The minimum atomic E-state index is -0.549. The van der Waals surface area contributed by atoms with Gasteiger partial charge in [0.2, 0.25) is 5.91 Å². The fraction of sp³-hybridized carbons (Fsp3) is 0.208. The molecule has 3 aromatic carbocycles. The number of amides is 1. The minimum Gasteiger partial charge on any atom is -0.508 e. The largest absolute Gasteiger partial charge is 0.508 e. The molecule has 0 heterocycles. The van der Waals surface area contributed by atoms with Crippen LogP contribution in [0.1, 0.15) is 16.7 Å². The molecule has 162 valence electrons. The third kappa shape index (κ3) is 6.64. The van der Waals surface area contributed by atoms with Crippen LogP contribution in [-0.4, -0.2) is 24.2 Å². The molecule has 31 heavy (non-hydrogen) atoms. The normalized spacial score (nSPS) is 11.7. The van der Waals surface area contributed by atoms with Crippen LogP contribution in [0, 0.1) is 0 Å². The smallest absolute Gasteiger partial charge is 0.234 e. The van der Waals surface area contributed by atoms with E-state index in [1.807, 2.05) is 30.3 Å². The standard InChI is InChI=1S/C24H25ClN2O4/c1-30-20-4-2-3-18(11-20)15-31-23-10-7-17(12-21(23)25)14-27-22(24(26)29)13-16-5-8-19(28)9-6-16/h2-12,22,27-28H,13-15H2,1H3,(H2,26,29). The van der Waals surface area contributed by atoms with Crippen molar-refractivity contribution >= 4 is 17.5 Å². The van der Waals surface area contributed by atoms with Crippen molar-refractivity contribution in [2.75, 3.05) is 7.11 Å². The molecule has 3 rings (SSSR count). The van der Waals surface area contributed by atoms with E-state index in [0.29, 0.717) is 30.3 Å². The fourth-order valence-electron chi connectivity index (χ4n) is 3.08. The van der Waals surface area contributed by atoms with Gasteiger partial charge in [0, 0.05) is 6.54 Å². The van der Waals surface area contributed by atoms with Crippen LogP contribution in [0.5, 0.6) is 17.2 Å². The van der Waals surface area contributed by atoms with Gasteiger partial charge in [-0.05, 0) is 59.5 Å². The van der Waals surface area contributed by atoms with Gasteiger partial charge in [-0.25, -0.2) is 0 Å². The van der Waals surface area contributed by atoms with Gasteiger partial charge in [0.1, 0.15) is 23.9 Å². The first-order valence-electron chi connectivity index (χ1n) is 9.79. The third-order valence-corrected chi connectivity index (χ3v) is 5.09. The molecule has 0 bridgehead atoms. The van der Waals surface area contributed by atoms with Gasteiger partial charge in [-0.1, -0.05) is 41.9 Å². The highest BCUT2D eigenvalue weighted by Crippen LogP contribution is 2.27. The lowest BCUT2D eigenvalue weighted by molar-refractivity contribution is -0.120. The molecule has 1 atom stereocenters. The van der Waals surface area contributed by atoms with Crippen LogP contribution in [0.25, 0.3) is 0 Å². The third-order valence-electron chi connectivity index (χ3n) is 4.80. The van der Waals surface area contributed by atoms with E-state index in [1.54, 1.807) is 43.5 Å². The zero-order chi connectivity index (χ0) is 22.2. The second-order valence-electron chi connectivity index (χ2n) is 7.11. The molecule has 0 aliphatic heterocycles. The predicted octanol–water partition coefficient (Wildman–Crippen LogP) is 3.82. The number of methoxy groups -OCH3 is 1. The Balaban J connectivity index is 1.58.